The van der Waals surface area contributed by atoms with Gasteiger partial charge in [-0.3, -0.25) is 4.40 Å². The van der Waals surface area contributed by atoms with Gasteiger partial charge in [0.1, 0.15) is 12.0 Å². The smallest absolute Gasteiger partial charge is 0.137 e. The molecule has 0 atom stereocenters. The monoisotopic (exact) mass is 224 g/mol. The average molecular weight is 224 g/mol. The molecule has 17 heavy (non-hydrogen) atoms. The molecule has 0 N–H and O–H groups in total. The topological polar surface area (TPSA) is 43.1 Å². The van der Waals surface area contributed by atoms with E-state index in [0.717, 1.165) is 28.4 Å². The molecule has 3 aromatic heterocycles. The van der Waals surface area contributed by atoms with Gasteiger partial charge in [-0.15, -0.1) is 0 Å². The van der Waals surface area contributed by atoms with E-state index >= 15 is 0 Å². The first kappa shape index (κ1) is 9.96. The summed E-state index contributed by atoms with van der Waals surface area (Å²) in [5.41, 5.74) is 4.82. The molecule has 0 aliphatic heterocycles. The molecule has 0 fully saturated rings. The SMILES string of the molecule is Cc1cc(-c2c(C)nc3ccccn23)ncn1. The third-order valence-corrected chi connectivity index (χ3v) is 2.75. The molecule has 4 nitrogen and oxygen atoms in total. The van der Waals surface area contributed by atoms with E-state index in [-0.39, 0.29) is 0 Å². The number of pyridine rings is 1. The molecule has 84 valence electrons. The number of fused-ring (bicyclic) bond motifs is 1. The highest BCUT2D eigenvalue weighted by Gasteiger charge is 2.11. The number of rotatable bonds is 1. The van der Waals surface area contributed by atoms with Crippen LogP contribution in [-0.4, -0.2) is 19.4 Å². The number of hydrogen-bond acceptors (Lipinski definition) is 3. The van der Waals surface area contributed by atoms with Gasteiger partial charge in [0.25, 0.3) is 0 Å². The van der Waals surface area contributed by atoms with Crippen LogP contribution in [0.25, 0.3) is 17.0 Å². The third kappa shape index (κ3) is 1.58. The number of nitrogens with zero attached hydrogens (tertiary/aromatic N) is 4. The second-order valence-electron chi connectivity index (χ2n) is 4.02. The van der Waals surface area contributed by atoms with Crippen molar-refractivity contribution >= 4 is 5.65 Å². The Hall–Kier alpha value is -2.23. The zero-order valence-electron chi connectivity index (χ0n) is 9.75. The summed E-state index contributed by atoms with van der Waals surface area (Å²) in [6, 6.07) is 7.94. The molecule has 0 unspecified atom stereocenters. The molecule has 0 aliphatic rings. The van der Waals surface area contributed by atoms with E-state index in [2.05, 4.69) is 19.4 Å². The molecule has 0 bridgehead atoms. The van der Waals surface area contributed by atoms with Gasteiger partial charge in [0.15, 0.2) is 0 Å². The fraction of sp³-hybridized carbons (Fsp3) is 0.154. The first-order chi connectivity index (χ1) is 8.25. The zero-order chi connectivity index (χ0) is 11.8. The van der Waals surface area contributed by atoms with Crippen molar-refractivity contribution in [3.63, 3.8) is 0 Å². The molecule has 0 saturated heterocycles. The van der Waals surface area contributed by atoms with Crippen LogP contribution in [0.4, 0.5) is 0 Å². The number of aromatic nitrogens is 4. The van der Waals surface area contributed by atoms with Gasteiger partial charge in [-0.25, -0.2) is 15.0 Å². The second kappa shape index (κ2) is 3.66. The number of imidazole rings is 1. The highest BCUT2D eigenvalue weighted by molar-refractivity contribution is 5.63. The molecule has 0 amide bonds. The first-order valence-electron chi connectivity index (χ1n) is 5.48. The highest BCUT2D eigenvalue weighted by Crippen LogP contribution is 2.22. The van der Waals surface area contributed by atoms with Crippen LogP contribution in [0.5, 0.6) is 0 Å². The third-order valence-electron chi connectivity index (χ3n) is 2.75. The normalized spacial score (nSPS) is 10.9. The van der Waals surface area contributed by atoms with Crippen molar-refractivity contribution in [1.82, 2.24) is 19.4 Å². The largest absolute Gasteiger partial charge is 0.298 e. The summed E-state index contributed by atoms with van der Waals surface area (Å²) >= 11 is 0. The van der Waals surface area contributed by atoms with Crippen LogP contribution in [-0.2, 0) is 0 Å². The van der Waals surface area contributed by atoms with Gasteiger partial charge in [-0.2, -0.15) is 0 Å². The van der Waals surface area contributed by atoms with Crippen LogP contribution in [0, 0.1) is 13.8 Å². The van der Waals surface area contributed by atoms with E-state index in [1.807, 2.05) is 44.3 Å². The minimum atomic E-state index is 0.911. The number of aryl methyl sites for hydroxylation is 2. The fourth-order valence-corrected chi connectivity index (χ4v) is 2.01. The Bertz CT molecular complexity index is 685. The second-order valence-corrected chi connectivity index (χ2v) is 4.02. The Morgan fingerprint density at radius 3 is 2.82 bits per heavy atom. The van der Waals surface area contributed by atoms with Gasteiger partial charge >= 0.3 is 0 Å². The van der Waals surface area contributed by atoms with Gasteiger partial charge in [0.2, 0.25) is 0 Å². The quantitative estimate of drug-likeness (QED) is 0.637. The molecule has 0 radical (unpaired) electrons. The molecule has 3 rings (SSSR count). The standard InChI is InChI=1S/C13H12N4/c1-9-7-11(15-8-14-9)13-10(2)16-12-5-3-4-6-17(12)13/h3-8H,1-2H3. The van der Waals surface area contributed by atoms with E-state index in [4.69, 9.17) is 0 Å². The summed E-state index contributed by atoms with van der Waals surface area (Å²) in [6.07, 6.45) is 3.59. The molecule has 4 heteroatoms. The minimum Gasteiger partial charge on any atom is -0.298 e. The minimum absolute atomic E-state index is 0.911. The Kier molecular flexibility index (Phi) is 2.14. The van der Waals surface area contributed by atoms with Crippen LogP contribution in [0.2, 0.25) is 0 Å². The van der Waals surface area contributed by atoms with E-state index in [1.165, 1.54) is 0 Å². The van der Waals surface area contributed by atoms with Crippen LogP contribution in [0.3, 0.4) is 0 Å². The summed E-state index contributed by atoms with van der Waals surface area (Å²) in [5.74, 6) is 0. The lowest BCUT2D eigenvalue weighted by atomic mass is 10.2. The summed E-state index contributed by atoms with van der Waals surface area (Å²) < 4.78 is 2.05. The Morgan fingerprint density at radius 2 is 2.00 bits per heavy atom. The Morgan fingerprint density at radius 1 is 1.12 bits per heavy atom. The van der Waals surface area contributed by atoms with Crippen LogP contribution in [0.1, 0.15) is 11.4 Å². The van der Waals surface area contributed by atoms with Crippen LogP contribution >= 0.6 is 0 Å². The lowest BCUT2D eigenvalue weighted by Crippen LogP contribution is -1.93. The average Bonchev–Trinajstić information content (AvgIpc) is 2.64. The maximum atomic E-state index is 4.52. The van der Waals surface area contributed by atoms with E-state index in [0.29, 0.717) is 0 Å². The maximum absolute atomic E-state index is 4.52. The van der Waals surface area contributed by atoms with Crippen molar-refractivity contribution in [2.45, 2.75) is 13.8 Å². The summed E-state index contributed by atoms with van der Waals surface area (Å²) in [5, 5.41) is 0. The summed E-state index contributed by atoms with van der Waals surface area (Å²) in [4.78, 5) is 13.0. The predicted octanol–water partition coefficient (Wildman–Crippen LogP) is 2.41. The Balaban J connectivity index is 2.33. The lowest BCUT2D eigenvalue weighted by molar-refractivity contribution is 1.08. The van der Waals surface area contributed by atoms with Gasteiger partial charge in [-0.1, -0.05) is 6.07 Å². The molecular formula is C13H12N4. The van der Waals surface area contributed by atoms with Crippen molar-refractivity contribution in [2.24, 2.45) is 0 Å². The van der Waals surface area contributed by atoms with E-state index in [1.54, 1.807) is 6.33 Å². The molecule has 0 saturated carbocycles. The zero-order valence-corrected chi connectivity index (χ0v) is 9.75. The van der Waals surface area contributed by atoms with Gasteiger partial charge in [0.05, 0.1) is 17.1 Å². The van der Waals surface area contributed by atoms with Crippen molar-refractivity contribution in [3.8, 4) is 11.4 Å². The fourth-order valence-electron chi connectivity index (χ4n) is 2.01. The van der Waals surface area contributed by atoms with Gasteiger partial charge in [0, 0.05) is 11.9 Å². The van der Waals surface area contributed by atoms with Gasteiger partial charge < -0.3 is 0 Å². The molecule has 0 spiro atoms. The summed E-state index contributed by atoms with van der Waals surface area (Å²) in [6.45, 7) is 3.96. The Labute approximate surface area is 99.0 Å². The van der Waals surface area contributed by atoms with Crippen molar-refractivity contribution in [2.75, 3.05) is 0 Å². The van der Waals surface area contributed by atoms with Crippen LogP contribution in [0.15, 0.2) is 36.8 Å². The van der Waals surface area contributed by atoms with Crippen molar-refractivity contribution in [3.05, 3.63) is 48.2 Å². The molecule has 3 aromatic rings. The van der Waals surface area contributed by atoms with Crippen molar-refractivity contribution in [1.29, 1.82) is 0 Å². The molecule has 3 heterocycles. The summed E-state index contributed by atoms with van der Waals surface area (Å²) in [7, 11) is 0. The number of hydrogen-bond donors (Lipinski definition) is 0. The van der Waals surface area contributed by atoms with Crippen LogP contribution < -0.4 is 0 Å². The van der Waals surface area contributed by atoms with Crippen molar-refractivity contribution < 1.29 is 0 Å². The predicted molar refractivity (Wildman–Crippen MR) is 65.7 cm³/mol. The first-order valence-corrected chi connectivity index (χ1v) is 5.48. The van der Waals surface area contributed by atoms with E-state index < -0.39 is 0 Å². The maximum Gasteiger partial charge on any atom is 0.137 e. The molecule has 0 aliphatic carbocycles. The highest BCUT2D eigenvalue weighted by atomic mass is 15.0. The lowest BCUT2D eigenvalue weighted by Gasteiger charge is -2.02. The molecular weight excluding hydrogens is 212 g/mol. The molecule has 0 aromatic carbocycles. The van der Waals surface area contributed by atoms with E-state index in [9.17, 15) is 0 Å². The van der Waals surface area contributed by atoms with Gasteiger partial charge in [-0.05, 0) is 32.0 Å².